The Kier molecular flexibility index (Phi) is 3.68. The monoisotopic (exact) mass is 321 g/mol. The molecule has 1 N–H and O–H groups in total. The second kappa shape index (κ2) is 5.39. The summed E-state index contributed by atoms with van der Waals surface area (Å²) in [6.45, 7) is 2.56. The Morgan fingerprint density at radius 3 is 2.55 bits per heavy atom. The minimum absolute atomic E-state index is 0.175. The topological polar surface area (TPSA) is 85.1 Å². The van der Waals surface area contributed by atoms with Crippen molar-refractivity contribution >= 4 is 15.9 Å². The largest absolute Gasteiger partial charge is 0.337 e. The van der Waals surface area contributed by atoms with Crippen molar-refractivity contribution in [1.29, 1.82) is 0 Å². The van der Waals surface area contributed by atoms with Crippen LogP contribution >= 0.6 is 0 Å². The summed E-state index contributed by atoms with van der Waals surface area (Å²) in [5.41, 5.74) is 1.88. The van der Waals surface area contributed by atoms with Gasteiger partial charge in [0.1, 0.15) is 9.84 Å². The van der Waals surface area contributed by atoms with Gasteiger partial charge in [-0.15, -0.1) is 0 Å². The van der Waals surface area contributed by atoms with Crippen molar-refractivity contribution in [1.82, 2.24) is 10.1 Å². The average molecular weight is 321 g/mol. The molecule has 1 aliphatic carbocycles. The number of aryl methyl sites for hydroxylation is 1. The van der Waals surface area contributed by atoms with E-state index in [4.69, 9.17) is 4.52 Å². The quantitative estimate of drug-likeness (QED) is 0.878. The second-order valence-corrected chi connectivity index (χ2v) is 8.35. The molecule has 0 aliphatic heterocycles. The van der Waals surface area contributed by atoms with Gasteiger partial charge in [0, 0.05) is 23.8 Å². The van der Waals surface area contributed by atoms with Crippen LogP contribution < -0.4 is 5.32 Å². The number of rotatable bonds is 6. The van der Waals surface area contributed by atoms with Crippen molar-refractivity contribution < 1.29 is 12.9 Å². The zero-order chi connectivity index (χ0) is 15.8. The number of nitrogens with zero attached hydrogens (tertiary/aromatic N) is 2. The van der Waals surface area contributed by atoms with Gasteiger partial charge in [-0.3, -0.25) is 0 Å². The maximum Gasteiger partial charge on any atom is 0.321 e. The normalized spacial score (nSPS) is 16.5. The van der Waals surface area contributed by atoms with Crippen LogP contribution in [0.15, 0.2) is 28.8 Å². The maximum atomic E-state index is 11.4. The van der Waals surface area contributed by atoms with Crippen LogP contribution in [0.3, 0.4) is 0 Å². The molecular weight excluding hydrogens is 302 g/mol. The predicted molar refractivity (Wildman–Crippen MR) is 84.3 cm³/mol. The fraction of sp³-hybridized carbons (Fsp3) is 0.467. The number of hydrogen-bond donors (Lipinski definition) is 1. The van der Waals surface area contributed by atoms with E-state index in [1.165, 1.54) is 11.8 Å². The van der Waals surface area contributed by atoms with Gasteiger partial charge in [-0.2, -0.15) is 4.98 Å². The zero-order valence-electron chi connectivity index (χ0n) is 12.7. The molecule has 3 rings (SSSR count). The molecule has 7 heteroatoms. The van der Waals surface area contributed by atoms with Gasteiger partial charge >= 0.3 is 6.01 Å². The van der Waals surface area contributed by atoms with E-state index in [0.717, 1.165) is 18.4 Å². The molecule has 1 aromatic carbocycles. The Hall–Kier alpha value is -1.89. The molecule has 1 aromatic heterocycles. The van der Waals surface area contributed by atoms with Gasteiger partial charge in [-0.25, -0.2) is 8.42 Å². The molecule has 6 nitrogen and oxygen atoms in total. The molecule has 1 aliphatic rings. The lowest BCUT2D eigenvalue weighted by molar-refractivity contribution is 0.427. The molecule has 22 heavy (non-hydrogen) atoms. The number of hydrogen-bond acceptors (Lipinski definition) is 6. The third-order valence-electron chi connectivity index (χ3n) is 3.88. The van der Waals surface area contributed by atoms with Crippen LogP contribution in [0.2, 0.25) is 0 Å². The summed E-state index contributed by atoms with van der Waals surface area (Å²) >= 11 is 0. The molecule has 1 heterocycles. The predicted octanol–water partition coefficient (Wildman–Crippen LogP) is 2.28. The minimum atomic E-state index is -2.97. The third kappa shape index (κ3) is 3.65. The average Bonchev–Trinajstić information content (AvgIpc) is 3.01. The highest BCUT2D eigenvalue weighted by molar-refractivity contribution is 7.90. The molecule has 1 fully saturated rings. The molecule has 1 saturated carbocycles. The first kappa shape index (κ1) is 15.0. The van der Waals surface area contributed by atoms with E-state index in [1.807, 2.05) is 31.2 Å². The van der Waals surface area contributed by atoms with Gasteiger partial charge in [-0.05, 0) is 19.8 Å². The molecule has 0 spiro atoms. The number of benzene rings is 1. The summed E-state index contributed by atoms with van der Waals surface area (Å²) in [6, 6.07) is 8.19. The van der Waals surface area contributed by atoms with Gasteiger partial charge in [0.25, 0.3) is 0 Å². The molecule has 0 amide bonds. The lowest BCUT2D eigenvalue weighted by Gasteiger charge is -2.13. The van der Waals surface area contributed by atoms with E-state index < -0.39 is 9.84 Å². The second-order valence-electron chi connectivity index (χ2n) is 6.21. The Balaban J connectivity index is 1.64. The van der Waals surface area contributed by atoms with Gasteiger partial charge in [0.15, 0.2) is 0 Å². The van der Waals surface area contributed by atoms with Crippen LogP contribution in [-0.4, -0.2) is 37.1 Å². The maximum absolute atomic E-state index is 11.4. The molecule has 118 valence electrons. The smallest absolute Gasteiger partial charge is 0.321 e. The minimum Gasteiger partial charge on any atom is -0.337 e. The fourth-order valence-corrected chi connectivity index (χ4v) is 3.99. The number of aromatic nitrogens is 2. The van der Waals surface area contributed by atoms with Crippen molar-refractivity contribution in [3.63, 3.8) is 0 Å². The van der Waals surface area contributed by atoms with Crippen molar-refractivity contribution in [2.75, 3.05) is 23.9 Å². The number of anilines is 1. The summed E-state index contributed by atoms with van der Waals surface area (Å²) < 4.78 is 28.1. The highest BCUT2D eigenvalue weighted by Crippen LogP contribution is 2.46. The van der Waals surface area contributed by atoms with Gasteiger partial charge < -0.3 is 9.84 Å². The first-order chi connectivity index (χ1) is 10.4. The molecule has 0 bridgehead atoms. The molecule has 0 saturated heterocycles. The Morgan fingerprint density at radius 1 is 1.27 bits per heavy atom. The lowest BCUT2D eigenvalue weighted by atomic mass is 10.1. The Morgan fingerprint density at radius 2 is 1.95 bits per heavy atom. The standard InChI is InChI=1S/C15H19N3O3S/c1-11-3-5-12(6-4-11)13-17-14(21-18-13)16-9-15(7-8-15)10-22(2,19)20/h3-6H,7-10H2,1-2H3,(H,16,17,18). The number of sulfone groups is 1. The van der Waals surface area contributed by atoms with Crippen LogP contribution in [0.5, 0.6) is 0 Å². The first-order valence-electron chi connectivity index (χ1n) is 7.18. The van der Waals surface area contributed by atoms with E-state index in [2.05, 4.69) is 15.5 Å². The van der Waals surface area contributed by atoms with Gasteiger partial charge in [-0.1, -0.05) is 35.0 Å². The van der Waals surface area contributed by atoms with Gasteiger partial charge in [0.05, 0.1) is 5.75 Å². The Bertz CT molecular complexity index is 762. The third-order valence-corrected chi connectivity index (χ3v) is 5.01. The van der Waals surface area contributed by atoms with E-state index >= 15 is 0 Å². The molecule has 2 aromatic rings. The van der Waals surface area contributed by atoms with Crippen LogP contribution in [0.1, 0.15) is 18.4 Å². The summed E-state index contributed by atoms with van der Waals surface area (Å²) in [7, 11) is -2.97. The van der Waals surface area contributed by atoms with E-state index in [1.54, 1.807) is 0 Å². The fourth-order valence-electron chi connectivity index (χ4n) is 2.48. The van der Waals surface area contributed by atoms with E-state index in [-0.39, 0.29) is 11.2 Å². The van der Waals surface area contributed by atoms with Crippen molar-refractivity contribution in [3.05, 3.63) is 29.8 Å². The molecule has 0 unspecified atom stereocenters. The van der Waals surface area contributed by atoms with Crippen molar-refractivity contribution in [3.8, 4) is 11.4 Å². The summed E-state index contributed by atoms with van der Waals surface area (Å²) in [4.78, 5) is 4.30. The molecule has 0 radical (unpaired) electrons. The van der Waals surface area contributed by atoms with Crippen molar-refractivity contribution in [2.24, 2.45) is 5.41 Å². The van der Waals surface area contributed by atoms with Crippen molar-refractivity contribution in [2.45, 2.75) is 19.8 Å². The van der Waals surface area contributed by atoms with Crippen LogP contribution in [0.25, 0.3) is 11.4 Å². The Labute approximate surface area is 129 Å². The first-order valence-corrected chi connectivity index (χ1v) is 9.24. The van der Waals surface area contributed by atoms with Crippen LogP contribution in [-0.2, 0) is 9.84 Å². The molecule has 0 atom stereocenters. The summed E-state index contributed by atoms with van der Waals surface area (Å²) in [5.74, 6) is 0.724. The van der Waals surface area contributed by atoms with Crippen LogP contribution in [0.4, 0.5) is 6.01 Å². The van der Waals surface area contributed by atoms with E-state index in [9.17, 15) is 8.42 Å². The number of nitrogens with one attached hydrogen (secondary N) is 1. The van der Waals surface area contributed by atoms with E-state index in [0.29, 0.717) is 18.4 Å². The van der Waals surface area contributed by atoms with Crippen LogP contribution in [0, 0.1) is 12.3 Å². The summed E-state index contributed by atoms with van der Waals surface area (Å²) in [6.07, 6.45) is 3.09. The highest BCUT2D eigenvalue weighted by Gasteiger charge is 2.45. The lowest BCUT2D eigenvalue weighted by Crippen LogP contribution is -2.24. The zero-order valence-corrected chi connectivity index (χ0v) is 13.5. The molecular formula is C15H19N3O3S. The highest BCUT2D eigenvalue weighted by atomic mass is 32.2. The summed E-state index contributed by atoms with van der Waals surface area (Å²) in [5, 5.41) is 7.01. The SMILES string of the molecule is Cc1ccc(-c2noc(NCC3(CS(C)(=O)=O)CC3)n2)cc1. The van der Waals surface area contributed by atoms with Gasteiger partial charge in [0.2, 0.25) is 5.82 Å².